The molecule has 2 N–H and O–H groups in total. The molecule has 2 atom stereocenters. The molecule has 0 aromatic rings. The minimum atomic E-state index is -0.486. The molecule has 1 aliphatic rings. The van der Waals surface area contributed by atoms with Crippen LogP contribution in [-0.4, -0.2) is 30.2 Å². The molecule has 0 radical (unpaired) electrons. The molecule has 1 fully saturated rings. The Kier molecular flexibility index (Phi) is 6.30. The number of amides is 2. The molecule has 0 unspecified atom stereocenters. The molecule has 0 aromatic heterocycles. The van der Waals surface area contributed by atoms with Crippen molar-refractivity contribution in [3.8, 4) is 0 Å². The summed E-state index contributed by atoms with van der Waals surface area (Å²) in [4.78, 5) is 23.2. The lowest BCUT2D eigenvalue weighted by Gasteiger charge is -2.20. The van der Waals surface area contributed by atoms with E-state index in [9.17, 15) is 9.59 Å². The lowest BCUT2D eigenvalue weighted by atomic mass is 10.1. The fourth-order valence-electron chi connectivity index (χ4n) is 2.39. The van der Waals surface area contributed by atoms with Gasteiger partial charge in [0.15, 0.2) is 0 Å². The SMILES string of the molecule is C[C@@H]1CCC[C@@H]1NC(=O)CCCNC(=O)OC(C)(C)C. The number of hydrogen-bond donors (Lipinski definition) is 2. The summed E-state index contributed by atoms with van der Waals surface area (Å²) in [5, 5.41) is 5.73. The van der Waals surface area contributed by atoms with Crippen LogP contribution in [0.1, 0.15) is 59.8 Å². The second-order valence-corrected chi connectivity index (χ2v) is 6.61. The lowest BCUT2D eigenvalue weighted by Crippen LogP contribution is -2.37. The third-order valence-corrected chi connectivity index (χ3v) is 3.46. The quantitative estimate of drug-likeness (QED) is 0.763. The highest BCUT2D eigenvalue weighted by atomic mass is 16.6. The number of rotatable bonds is 5. The Balaban J connectivity index is 2.09. The van der Waals surface area contributed by atoms with Crippen LogP contribution in [0.2, 0.25) is 0 Å². The van der Waals surface area contributed by atoms with E-state index in [0.29, 0.717) is 31.3 Å². The zero-order valence-corrected chi connectivity index (χ0v) is 13.1. The average Bonchev–Trinajstić information content (AvgIpc) is 2.68. The first-order chi connectivity index (χ1) is 9.28. The zero-order chi connectivity index (χ0) is 15.2. The van der Waals surface area contributed by atoms with Crippen LogP contribution in [0.5, 0.6) is 0 Å². The smallest absolute Gasteiger partial charge is 0.407 e. The van der Waals surface area contributed by atoms with E-state index in [1.54, 1.807) is 0 Å². The summed E-state index contributed by atoms with van der Waals surface area (Å²) in [6.07, 6.45) is 4.13. The highest BCUT2D eigenvalue weighted by molar-refractivity contribution is 5.76. The standard InChI is InChI=1S/C15H28N2O3/c1-11-7-5-8-12(11)17-13(18)9-6-10-16-14(19)20-15(2,3)4/h11-12H,5-10H2,1-4H3,(H,16,19)(H,17,18)/t11-,12+/m1/s1. The summed E-state index contributed by atoms with van der Waals surface area (Å²) in [5.74, 6) is 0.661. The number of nitrogens with one attached hydrogen (secondary N) is 2. The number of ether oxygens (including phenoxy) is 1. The van der Waals surface area contributed by atoms with E-state index in [0.717, 1.165) is 6.42 Å². The van der Waals surface area contributed by atoms with Gasteiger partial charge >= 0.3 is 6.09 Å². The average molecular weight is 284 g/mol. The normalized spacial score (nSPS) is 22.4. The van der Waals surface area contributed by atoms with E-state index in [4.69, 9.17) is 4.74 Å². The predicted octanol–water partition coefficient (Wildman–Crippen LogP) is 2.60. The van der Waals surface area contributed by atoms with Crippen LogP contribution in [0.4, 0.5) is 4.79 Å². The van der Waals surface area contributed by atoms with Crippen LogP contribution in [-0.2, 0) is 9.53 Å². The predicted molar refractivity (Wildman–Crippen MR) is 78.4 cm³/mol. The van der Waals surface area contributed by atoms with E-state index in [-0.39, 0.29) is 5.91 Å². The molecular formula is C15H28N2O3. The Labute approximate surface area is 121 Å². The van der Waals surface area contributed by atoms with Crippen LogP contribution in [0, 0.1) is 5.92 Å². The van der Waals surface area contributed by atoms with Gasteiger partial charge in [0.05, 0.1) is 0 Å². The Bertz CT molecular complexity index is 337. The molecule has 2 amide bonds. The van der Waals surface area contributed by atoms with Crippen molar-refractivity contribution in [2.45, 2.75) is 71.4 Å². The molecular weight excluding hydrogens is 256 g/mol. The number of alkyl carbamates (subject to hydrolysis) is 1. The van der Waals surface area contributed by atoms with Gasteiger partial charge in [-0.3, -0.25) is 4.79 Å². The topological polar surface area (TPSA) is 67.4 Å². The Morgan fingerprint density at radius 3 is 2.50 bits per heavy atom. The lowest BCUT2D eigenvalue weighted by molar-refractivity contribution is -0.122. The second kappa shape index (κ2) is 7.50. The molecule has 116 valence electrons. The van der Waals surface area contributed by atoms with Crippen molar-refractivity contribution in [1.82, 2.24) is 10.6 Å². The highest BCUT2D eigenvalue weighted by Crippen LogP contribution is 2.24. The van der Waals surface area contributed by atoms with Gasteiger partial charge in [-0.1, -0.05) is 13.3 Å². The molecule has 0 saturated heterocycles. The molecule has 20 heavy (non-hydrogen) atoms. The van der Waals surface area contributed by atoms with Gasteiger partial charge in [0, 0.05) is 19.0 Å². The van der Waals surface area contributed by atoms with E-state index in [1.807, 2.05) is 20.8 Å². The van der Waals surface area contributed by atoms with Gasteiger partial charge < -0.3 is 15.4 Å². The molecule has 0 bridgehead atoms. The summed E-state index contributed by atoms with van der Waals surface area (Å²) in [6, 6.07) is 0.335. The first-order valence-electron chi connectivity index (χ1n) is 7.54. The molecule has 0 aromatic carbocycles. The molecule has 1 rings (SSSR count). The Morgan fingerprint density at radius 2 is 1.95 bits per heavy atom. The van der Waals surface area contributed by atoms with Crippen molar-refractivity contribution in [3.05, 3.63) is 0 Å². The molecule has 1 aliphatic carbocycles. The van der Waals surface area contributed by atoms with Crippen LogP contribution >= 0.6 is 0 Å². The Morgan fingerprint density at radius 1 is 1.25 bits per heavy atom. The van der Waals surface area contributed by atoms with E-state index >= 15 is 0 Å². The summed E-state index contributed by atoms with van der Waals surface area (Å²) < 4.78 is 5.12. The molecule has 5 heteroatoms. The first-order valence-corrected chi connectivity index (χ1v) is 7.54. The maximum Gasteiger partial charge on any atom is 0.407 e. The summed E-state index contributed by atoms with van der Waals surface area (Å²) in [6.45, 7) is 8.11. The fourth-order valence-corrected chi connectivity index (χ4v) is 2.39. The van der Waals surface area contributed by atoms with E-state index in [2.05, 4.69) is 17.6 Å². The fraction of sp³-hybridized carbons (Fsp3) is 0.867. The highest BCUT2D eigenvalue weighted by Gasteiger charge is 2.24. The monoisotopic (exact) mass is 284 g/mol. The van der Waals surface area contributed by atoms with Gasteiger partial charge in [-0.15, -0.1) is 0 Å². The van der Waals surface area contributed by atoms with Crippen LogP contribution in [0.15, 0.2) is 0 Å². The maximum atomic E-state index is 11.8. The van der Waals surface area contributed by atoms with E-state index in [1.165, 1.54) is 12.8 Å². The molecule has 5 nitrogen and oxygen atoms in total. The van der Waals surface area contributed by atoms with Gasteiger partial charge in [0.25, 0.3) is 0 Å². The van der Waals surface area contributed by atoms with Gasteiger partial charge in [-0.2, -0.15) is 0 Å². The van der Waals surface area contributed by atoms with Gasteiger partial charge in [0.1, 0.15) is 5.60 Å². The van der Waals surface area contributed by atoms with Crippen LogP contribution < -0.4 is 10.6 Å². The summed E-state index contributed by atoms with van der Waals surface area (Å²) in [7, 11) is 0. The number of carbonyl (C=O) groups excluding carboxylic acids is 2. The van der Waals surface area contributed by atoms with Crippen molar-refractivity contribution < 1.29 is 14.3 Å². The minimum Gasteiger partial charge on any atom is -0.444 e. The van der Waals surface area contributed by atoms with Gasteiger partial charge in [-0.05, 0) is 46.0 Å². The van der Waals surface area contributed by atoms with Crippen LogP contribution in [0.25, 0.3) is 0 Å². The Hall–Kier alpha value is -1.26. The van der Waals surface area contributed by atoms with Gasteiger partial charge in [0.2, 0.25) is 5.91 Å². The van der Waals surface area contributed by atoms with Crippen molar-refractivity contribution >= 4 is 12.0 Å². The van der Waals surface area contributed by atoms with Crippen molar-refractivity contribution in [3.63, 3.8) is 0 Å². The zero-order valence-electron chi connectivity index (χ0n) is 13.1. The second-order valence-electron chi connectivity index (χ2n) is 6.61. The molecule has 0 aliphatic heterocycles. The van der Waals surface area contributed by atoms with Crippen molar-refractivity contribution in [2.24, 2.45) is 5.92 Å². The van der Waals surface area contributed by atoms with E-state index < -0.39 is 11.7 Å². The summed E-state index contributed by atoms with van der Waals surface area (Å²) >= 11 is 0. The van der Waals surface area contributed by atoms with Crippen molar-refractivity contribution in [1.29, 1.82) is 0 Å². The molecule has 1 saturated carbocycles. The molecule has 0 heterocycles. The molecule has 0 spiro atoms. The number of carbonyl (C=O) groups is 2. The van der Waals surface area contributed by atoms with Gasteiger partial charge in [-0.25, -0.2) is 4.79 Å². The largest absolute Gasteiger partial charge is 0.444 e. The van der Waals surface area contributed by atoms with Crippen molar-refractivity contribution in [2.75, 3.05) is 6.54 Å². The maximum absolute atomic E-state index is 11.8. The minimum absolute atomic E-state index is 0.0785. The third-order valence-electron chi connectivity index (χ3n) is 3.46. The summed E-state index contributed by atoms with van der Waals surface area (Å²) in [5.41, 5.74) is -0.486. The number of hydrogen-bond acceptors (Lipinski definition) is 3. The third kappa shape index (κ3) is 6.78. The first kappa shape index (κ1) is 16.8. The van der Waals surface area contributed by atoms with Crippen LogP contribution in [0.3, 0.4) is 0 Å².